The number of hydrogen-bond acceptors (Lipinski definition) is 2. The van der Waals surface area contributed by atoms with Crippen molar-refractivity contribution in [2.75, 3.05) is 31.6 Å². The molecule has 2 N–H and O–H groups in total. The number of halogens is 2. The van der Waals surface area contributed by atoms with Gasteiger partial charge in [0, 0.05) is 38.9 Å². The van der Waals surface area contributed by atoms with Crippen molar-refractivity contribution in [1.82, 2.24) is 10.6 Å². The van der Waals surface area contributed by atoms with E-state index in [4.69, 9.17) is 0 Å². The molecule has 0 amide bonds. The number of nitrogens with one attached hydrogen (secondary N) is 2. The van der Waals surface area contributed by atoms with E-state index < -0.39 is 0 Å². The molecule has 0 aliphatic carbocycles. The molecule has 0 unspecified atom stereocenters. The van der Waals surface area contributed by atoms with Crippen molar-refractivity contribution >= 4 is 35.6 Å². The van der Waals surface area contributed by atoms with Crippen LogP contribution in [0.3, 0.4) is 0 Å². The largest absolute Gasteiger partial charge is 0.364 e. The minimum absolute atomic E-state index is 0. The number of benzene rings is 2. The van der Waals surface area contributed by atoms with E-state index >= 15 is 0 Å². The highest BCUT2D eigenvalue weighted by Gasteiger charge is 2.08. The maximum Gasteiger partial charge on any atom is 0.191 e. The Bertz CT molecular complexity index is 827. The highest BCUT2D eigenvalue weighted by atomic mass is 127. The summed E-state index contributed by atoms with van der Waals surface area (Å²) in [6.07, 6.45) is 5.21. The van der Waals surface area contributed by atoms with Gasteiger partial charge in [-0.2, -0.15) is 0 Å². The second-order valence-electron chi connectivity index (χ2n) is 6.72. The number of nitrogens with zero attached hydrogens (tertiary/aromatic N) is 2. The molecule has 2 aromatic rings. The molecule has 0 saturated heterocycles. The topological polar surface area (TPSA) is 39.7 Å². The van der Waals surface area contributed by atoms with Crippen molar-refractivity contribution < 1.29 is 4.39 Å². The van der Waals surface area contributed by atoms with Gasteiger partial charge in [0.2, 0.25) is 0 Å². The van der Waals surface area contributed by atoms with Crippen LogP contribution in [0.5, 0.6) is 0 Å². The van der Waals surface area contributed by atoms with E-state index in [0.717, 1.165) is 43.1 Å². The lowest BCUT2D eigenvalue weighted by Gasteiger charge is -2.19. The predicted molar refractivity (Wildman–Crippen MR) is 126 cm³/mol. The first-order valence-electron chi connectivity index (χ1n) is 9.34. The van der Waals surface area contributed by atoms with Crippen LogP contribution in [0.4, 0.5) is 10.1 Å². The molecule has 1 heterocycles. The van der Waals surface area contributed by atoms with E-state index in [-0.39, 0.29) is 29.8 Å². The number of aliphatic imine (C=N–C) groups is 1. The van der Waals surface area contributed by atoms with Crippen LogP contribution in [0, 0.1) is 12.7 Å². The summed E-state index contributed by atoms with van der Waals surface area (Å²) < 4.78 is 13.2. The molecule has 150 valence electrons. The zero-order valence-electron chi connectivity index (χ0n) is 16.4. The summed E-state index contributed by atoms with van der Waals surface area (Å²) in [4.78, 5) is 6.62. The first-order chi connectivity index (χ1) is 13.2. The van der Waals surface area contributed by atoms with Crippen molar-refractivity contribution in [3.05, 3.63) is 77.1 Å². The minimum Gasteiger partial charge on any atom is -0.364 e. The summed E-state index contributed by atoms with van der Waals surface area (Å²) in [7, 11) is 1.77. The van der Waals surface area contributed by atoms with Gasteiger partial charge in [-0.15, -0.1) is 24.0 Å². The Labute approximate surface area is 184 Å². The van der Waals surface area contributed by atoms with Gasteiger partial charge in [-0.25, -0.2) is 4.39 Å². The number of hydrogen-bond donors (Lipinski definition) is 2. The van der Waals surface area contributed by atoms with Crippen molar-refractivity contribution in [1.29, 1.82) is 0 Å². The van der Waals surface area contributed by atoms with Crippen LogP contribution in [0.2, 0.25) is 0 Å². The summed E-state index contributed by atoms with van der Waals surface area (Å²) in [5.41, 5.74) is 4.59. The quantitative estimate of drug-likeness (QED) is 0.276. The van der Waals surface area contributed by atoms with Gasteiger partial charge in [-0.3, -0.25) is 4.99 Å². The van der Waals surface area contributed by atoms with Gasteiger partial charge in [-0.1, -0.05) is 30.4 Å². The van der Waals surface area contributed by atoms with Crippen molar-refractivity contribution in [3.63, 3.8) is 0 Å². The fraction of sp³-hybridized carbons (Fsp3) is 0.318. The van der Waals surface area contributed by atoms with Crippen molar-refractivity contribution in [3.8, 4) is 0 Å². The molecular formula is C22H28FIN4. The van der Waals surface area contributed by atoms with Crippen LogP contribution in [-0.4, -0.2) is 32.6 Å². The Morgan fingerprint density at radius 2 is 1.89 bits per heavy atom. The van der Waals surface area contributed by atoms with Gasteiger partial charge < -0.3 is 15.5 Å². The van der Waals surface area contributed by atoms with Gasteiger partial charge in [0.25, 0.3) is 0 Å². The van der Waals surface area contributed by atoms with Gasteiger partial charge in [-0.05, 0) is 54.3 Å². The summed E-state index contributed by atoms with van der Waals surface area (Å²) in [5.74, 6) is 0.580. The molecular weight excluding hydrogens is 466 g/mol. The lowest BCUT2D eigenvalue weighted by atomic mass is 10.1. The third-order valence-corrected chi connectivity index (χ3v) is 4.77. The third kappa shape index (κ3) is 6.22. The smallest absolute Gasteiger partial charge is 0.191 e. The Morgan fingerprint density at radius 1 is 1.11 bits per heavy atom. The monoisotopic (exact) mass is 494 g/mol. The van der Waals surface area contributed by atoms with Crippen LogP contribution in [0.25, 0.3) is 0 Å². The first kappa shape index (κ1) is 22.2. The molecule has 1 aliphatic heterocycles. The fourth-order valence-electron chi connectivity index (χ4n) is 3.21. The van der Waals surface area contributed by atoms with E-state index in [9.17, 15) is 4.39 Å². The minimum atomic E-state index is -0.186. The molecule has 6 heteroatoms. The van der Waals surface area contributed by atoms with E-state index in [1.54, 1.807) is 13.1 Å². The molecule has 0 bridgehead atoms. The molecule has 0 saturated carbocycles. The van der Waals surface area contributed by atoms with Crippen LogP contribution >= 0.6 is 24.0 Å². The summed E-state index contributed by atoms with van der Waals surface area (Å²) in [5, 5.41) is 6.68. The van der Waals surface area contributed by atoms with E-state index in [1.807, 2.05) is 13.0 Å². The molecule has 0 atom stereocenters. The summed E-state index contributed by atoms with van der Waals surface area (Å²) >= 11 is 0. The standard InChI is InChI=1S/C22H27FN4.HI/c1-17-14-20(23)9-8-19(17)10-11-25-22(24-2)26-16-18-6-5-7-21(15-18)27-12-3-4-13-27;/h3-9,14-15H,10-13,16H2,1-2H3,(H2,24,25,26);1H. The summed E-state index contributed by atoms with van der Waals surface area (Å²) in [6.45, 7) is 5.34. The molecule has 2 aromatic carbocycles. The maximum absolute atomic E-state index is 13.2. The molecule has 0 radical (unpaired) electrons. The Balaban J connectivity index is 0.00000280. The Hall–Kier alpha value is -2.09. The molecule has 0 aromatic heterocycles. The fourth-order valence-corrected chi connectivity index (χ4v) is 3.21. The first-order valence-corrected chi connectivity index (χ1v) is 9.34. The highest BCUT2D eigenvalue weighted by Crippen LogP contribution is 2.18. The number of rotatable bonds is 6. The van der Waals surface area contributed by atoms with Crippen molar-refractivity contribution in [2.24, 2.45) is 4.99 Å². The van der Waals surface area contributed by atoms with E-state index in [1.165, 1.54) is 17.3 Å². The zero-order valence-corrected chi connectivity index (χ0v) is 18.7. The molecule has 1 aliphatic rings. The van der Waals surface area contributed by atoms with E-state index in [2.05, 4.69) is 56.9 Å². The lowest BCUT2D eigenvalue weighted by Crippen LogP contribution is -2.37. The average molecular weight is 494 g/mol. The van der Waals surface area contributed by atoms with Gasteiger partial charge in [0.05, 0.1) is 0 Å². The molecule has 4 nitrogen and oxygen atoms in total. The maximum atomic E-state index is 13.2. The van der Waals surface area contributed by atoms with Crippen molar-refractivity contribution in [2.45, 2.75) is 19.9 Å². The summed E-state index contributed by atoms with van der Waals surface area (Å²) in [6, 6.07) is 13.5. The highest BCUT2D eigenvalue weighted by molar-refractivity contribution is 14.0. The molecule has 0 spiro atoms. The van der Waals surface area contributed by atoms with Gasteiger partial charge >= 0.3 is 0 Å². The Morgan fingerprint density at radius 3 is 2.61 bits per heavy atom. The lowest BCUT2D eigenvalue weighted by molar-refractivity contribution is 0.625. The predicted octanol–water partition coefficient (Wildman–Crippen LogP) is 4.04. The molecule has 0 fully saturated rings. The van der Waals surface area contributed by atoms with Crippen LogP contribution in [0.1, 0.15) is 16.7 Å². The van der Waals surface area contributed by atoms with Gasteiger partial charge in [0.1, 0.15) is 5.82 Å². The average Bonchev–Trinajstić information content (AvgIpc) is 3.21. The number of aryl methyl sites for hydroxylation is 1. The van der Waals surface area contributed by atoms with Crippen LogP contribution in [0.15, 0.2) is 59.6 Å². The normalized spacial score (nSPS) is 13.4. The zero-order chi connectivity index (χ0) is 19.1. The Kier molecular flexibility index (Phi) is 8.76. The molecule has 3 rings (SSSR count). The SMILES string of the molecule is CN=C(NCCc1ccc(F)cc1C)NCc1cccc(N2CC=CC2)c1.I. The van der Waals surface area contributed by atoms with E-state index in [0.29, 0.717) is 6.54 Å². The number of anilines is 1. The second kappa shape index (κ2) is 11.0. The molecule has 28 heavy (non-hydrogen) atoms. The van der Waals surface area contributed by atoms with Crippen LogP contribution in [-0.2, 0) is 13.0 Å². The second-order valence-corrected chi connectivity index (χ2v) is 6.72. The van der Waals surface area contributed by atoms with Crippen LogP contribution < -0.4 is 15.5 Å². The number of guanidine groups is 1. The van der Waals surface area contributed by atoms with Gasteiger partial charge in [0.15, 0.2) is 5.96 Å². The third-order valence-electron chi connectivity index (χ3n) is 4.77.